The third kappa shape index (κ3) is 3.41. The number of rotatable bonds is 5. The molecule has 1 heterocycles. The maximum atomic E-state index is 12.3. The topological polar surface area (TPSA) is 72.2 Å². The lowest BCUT2D eigenvalue weighted by Gasteiger charge is -2.05. The van der Waals surface area contributed by atoms with E-state index in [2.05, 4.69) is 10.3 Å². The van der Waals surface area contributed by atoms with Gasteiger partial charge < -0.3 is 9.73 Å². The number of nitrogens with one attached hydrogen (secondary N) is 1. The summed E-state index contributed by atoms with van der Waals surface area (Å²) in [5.41, 5.74) is 2.09. The molecule has 120 valence electrons. The van der Waals surface area contributed by atoms with Crippen LogP contribution in [0, 0.1) is 0 Å². The maximum absolute atomic E-state index is 12.3. The summed E-state index contributed by atoms with van der Waals surface area (Å²) in [5, 5.41) is 2.73. The van der Waals surface area contributed by atoms with E-state index in [0.717, 1.165) is 5.56 Å². The van der Waals surface area contributed by atoms with Gasteiger partial charge in [0.2, 0.25) is 5.89 Å². The summed E-state index contributed by atoms with van der Waals surface area (Å²) in [5.74, 6) is 0.0246. The Morgan fingerprint density at radius 2 is 1.88 bits per heavy atom. The molecule has 0 unspecified atom stereocenters. The van der Waals surface area contributed by atoms with E-state index >= 15 is 0 Å². The minimum atomic E-state index is -0.387. The van der Waals surface area contributed by atoms with Crippen molar-refractivity contribution in [2.24, 2.45) is 0 Å². The molecule has 2 aromatic carbocycles. The van der Waals surface area contributed by atoms with Crippen LogP contribution in [0.25, 0.3) is 11.5 Å². The SMILES string of the molecule is CCC(=O)c1cccc(NC(=O)c2coc(-c3ccccc3)n2)c1. The van der Waals surface area contributed by atoms with E-state index in [1.165, 1.54) is 6.26 Å². The van der Waals surface area contributed by atoms with Crippen molar-refractivity contribution in [1.82, 2.24) is 4.98 Å². The van der Waals surface area contributed by atoms with Crippen LogP contribution in [0.4, 0.5) is 5.69 Å². The number of hydrogen-bond acceptors (Lipinski definition) is 4. The zero-order chi connectivity index (χ0) is 16.9. The molecule has 24 heavy (non-hydrogen) atoms. The van der Waals surface area contributed by atoms with Crippen LogP contribution in [-0.4, -0.2) is 16.7 Å². The van der Waals surface area contributed by atoms with Crippen molar-refractivity contribution in [3.63, 3.8) is 0 Å². The highest BCUT2D eigenvalue weighted by atomic mass is 16.3. The predicted molar refractivity (Wildman–Crippen MR) is 91.0 cm³/mol. The second-order valence-corrected chi connectivity index (χ2v) is 5.22. The van der Waals surface area contributed by atoms with E-state index in [9.17, 15) is 9.59 Å². The first-order valence-electron chi connectivity index (χ1n) is 7.63. The second-order valence-electron chi connectivity index (χ2n) is 5.22. The highest BCUT2D eigenvalue weighted by molar-refractivity contribution is 6.04. The van der Waals surface area contributed by atoms with Gasteiger partial charge in [-0.25, -0.2) is 4.98 Å². The molecule has 0 bridgehead atoms. The van der Waals surface area contributed by atoms with Crippen LogP contribution < -0.4 is 5.32 Å². The number of anilines is 1. The van der Waals surface area contributed by atoms with Crippen molar-refractivity contribution in [3.05, 3.63) is 72.1 Å². The van der Waals surface area contributed by atoms with E-state index in [0.29, 0.717) is 23.6 Å². The highest BCUT2D eigenvalue weighted by Crippen LogP contribution is 2.19. The quantitative estimate of drug-likeness (QED) is 0.716. The molecule has 5 heteroatoms. The summed E-state index contributed by atoms with van der Waals surface area (Å²) in [6.45, 7) is 1.80. The molecule has 0 saturated heterocycles. The van der Waals surface area contributed by atoms with Gasteiger partial charge >= 0.3 is 0 Å². The Hall–Kier alpha value is -3.21. The molecule has 0 aliphatic rings. The second kappa shape index (κ2) is 6.91. The number of nitrogens with zero attached hydrogens (tertiary/aromatic N) is 1. The molecule has 3 aromatic rings. The van der Waals surface area contributed by atoms with E-state index in [-0.39, 0.29) is 17.4 Å². The third-order valence-corrected chi connectivity index (χ3v) is 3.52. The lowest BCUT2D eigenvalue weighted by molar-refractivity contribution is 0.0985. The number of benzene rings is 2. The van der Waals surface area contributed by atoms with Crippen LogP contribution in [0.5, 0.6) is 0 Å². The molecule has 0 aliphatic carbocycles. The molecule has 0 saturated carbocycles. The van der Waals surface area contributed by atoms with Crippen molar-refractivity contribution in [1.29, 1.82) is 0 Å². The highest BCUT2D eigenvalue weighted by Gasteiger charge is 2.14. The third-order valence-electron chi connectivity index (χ3n) is 3.52. The van der Waals surface area contributed by atoms with Gasteiger partial charge in [-0.05, 0) is 24.3 Å². The summed E-state index contributed by atoms with van der Waals surface area (Å²) < 4.78 is 5.36. The predicted octanol–water partition coefficient (Wildman–Crippen LogP) is 4.19. The number of aromatic nitrogens is 1. The Morgan fingerprint density at radius 3 is 2.62 bits per heavy atom. The summed E-state index contributed by atoms with van der Waals surface area (Å²) >= 11 is 0. The fourth-order valence-electron chi connectivity index (χ4n) is 2.26. The molecule has 5 nitrogen and oxygen atoms in total. The van der Waals surface area contributed by atoms with Crippen molar-refractivity contribution < 1.29 is 14.0 Å². The molecule has 1 N–H and O–H groups in total. The van der Waals surface area contributed by atoms with Crippen LogP contribution in [0.3, 0.4) is 0 Å². The minimum Gasteiger partial charge on any atom is -0.444 e. The van der Waals surface area contributed by atoms with Gasteiger partial charge in [0.05, 0.1) is 0 Å². The largest absolute Gasteiger partial charge is 0.444 e. The Balaban J connectivity index is 1.76. The minimum absolute atomic E-state index is 0.0268. The number of carbonyl (C=O) groups is 2. The van der Waals surface area contributed by atoms with Crippen LogP contribution >= 0.6 is 0 Å². The molecule has 1 amide bonds. The Bertz CT molecular complexity index is 869. The zero-order valence-corrected chi connectivity index (χ0v) is 13.2. The Labute approximate surface area is 139 Å². The number of hydrogen-bond donors (Lipinski definition) is 1. The standard InChI is InChI=1S/C19H16N2O3/c1-2-17(22)14-9-6-10-15(11-14)20-18(23)16-12-24-19(21-16)13-7-4-3-5-8-13/h3-12H,2H2,1H3,(H,20,23). The first-order valence-corrected chi connectivity index (χ1v) is 7.63. The average molecular weight is 320 g/mol. The lowest BCUT2D eigenvalue weighted by Crippen LogP contribution is -2.12. The Morgan fingerprint density at radius 1 is 1.08 bits per heavy atom. The van der Waals surface area contributed by atoms with Crippen LogP contribution in [0.2, 0.25) is 0 Å². The number of amides is 1. The molecule has 0 atom stereocenters. The van der Waals surface area contributed by atoms with E-state index < -0.39 is 0 Å². The maximum Gasteiger partial charge on any atom is 0.277 e. The van der Waals surface area contributed by atoms with Gasteiger partial charge in [-0.3, -0.25) is 9.59 Å². The van der Waals surface area contributed by atoms with Crippen molar-refractivity contribution in [3.8, 4) is 11.5 Å². The van der Waals surface area contributed by atoms with E-state index in [1.54, 1.807) is 31.2 Å². The first kappa shape index (κ1) is 15.7. The fourth-order valence-corrected chi connectivity index (χ4v) is 2.26. The summed E-state index contributed by atoms with van der Waals surface area (Å²) in [6.07, 6.45) is 1.74. The fraction of sp³-hybridized carbons (Fsp3) is 0.105. The number of ketones is 1. The number of Topliss-reactive ketones (excluding diaryl/α,β-unsaturated/α-hetero) is 1. The molecule has 0 aliphatic heterocycles. The van der Waals surface area contributed by atoms with Gasteiger partial charge in [-0.15, -0.1) is 0 Å². The van der Waals surface area contributed by atoms with Crippen LogP contribution in [-0.2, 0) is 0 Å². The van der Waals surface area contributed by atoms with E-state index in [1.807, 2.05) is 30.3 Å². The summed E-state index contributed by atoms with van der Waals surface area (Å²) in [6, 6.07) is 16.2. The number of oxazole rings is 1. The van der Waals surface area contributed by atoms with Gasteiger partial charge in [-0.1, -0.05) is 37.3 Å². The van der Waals surface area contributed by atoms with Crippen molar-refractivity contribution in [2.75, 3.05) is 5.32 Å². The normalized spacial score (nSPS) is 10.4. The monoisotopic (exact) mass is 320 g/mol. The smallest absolute Gasteiger partial charge is 0.277 e. The van der Waals surface area contributed by atoms with Gasteiger partial charge in [0, 0.05) is 23.2 Å². The molecule has 0 fully saturated rings. The molecule has 1 aromatic heterocycles. The molecule has 0 radical (unpaired) electrons. The van der Waals surface area contributed by atoms with Gasteiger partial charge in [0.15, 0.2) is 11.5 Å². The van der Waals surface area contributed by atoms with Gasteiger partial charge in [-0.2, -0.15) is 0 Å². The first-order chi connectivity index (χ1) is 11.7. The van der Waals surface area contributed by atoms with Gasteiger partial charge in [0.1, 0.15) is 6.26 Å². The Kier molecular flexibility index (Phi) is 4.52. The van der Waals surface area contributed by atoms with Gasteiger partial charge in [0.25, 0.3) is 5.91 Å². The van der Waals surface area contributed by atoms with Crippen molar-refractivity contribution in [2.45, 2.75) is 13.3 Å². The van der Waals surface area contributed by atoms with Crippen LogP contribution in [0.15, 0.2) is 65.3 Å². The zero-order valence-electron chi connectivity index (χ0n) is 13.2. The molecular weight excluding hydrogens is 304 g/mol. The number of carbonyl (C=O) groups excluding carboxylic acids is 2. The van der Waals surface area contributed by atoms with E-state index in [4.69, 9.17) is 4.42 Å². The van der Waals surface area contributed by atoms with Crippen LogP contribution in [0.1, 0.15) is 34.2 Å². The molecule has 0 spiro atoms. The van der Waals surface area contributed by atoms with Crippen molar-refractivity contribution >= 4 is 17.4 Å². The molecule has 3 rings (SSSR count). The summed E-state index contributed by atoms with van der Waals surface area (Å²) in [7, 11) is 0. The lowest BCUT2D eigenvalue weighted by atomic mass is 10.1. The molecular formula is C19H16N2O3. The average Bonchev–Trinajstić information content (AvgIpc) is 3.12. The summed E-state index contributed by atoms with van der Waals surface area (Å²) in [4.78, 5) is 28.2.